The molecule has 1 aliphatic carbocycles. The standard InChI is InChI=1S/C18H17Cl2NO2/c19-14-8-4-9-15(20)18(14)23-11-17(22)21-16-10-3-6-12-5-1-2-7-13(12)16/h1-2,4-5,7-9,16H,3,6,10-11H2,(H,21,22)/t16-/m1/s1. The van der Waals surface area contributed by atoms with E-state index in [1.54, 1.807) is 18.2 Å². The van der Waals surface area contributed by atoms with E-state index in [1.165, 1.54) is 11.1 Å². The molecule has 3 nitrogen and oxygen atoms in total. The maximum Gasteiger partial charge on any atom is 0.258 e. The Labute approximate surface area is 145 Å². The van der Waals surface area contributed by atoms with Gasteiger partial charge in [-0.05, 0) is 42.5 Å². The molecule has 0 aromatic heterocycles. The SMILES string of the molecule is O=C(COc1c(Cl)cccc1Cl)N[C@@H]1CCCc2ccccc21. The largest absolute Gasteiger partial charge is 0.481 e. The summed E-state index contributed by atoms with van der Waals surface area (Å²) in [6.07, 6.45) is 3.07. The van der Waals surface area contributed by atoms with Crippen LogP contribution >= 0.6 is 23.2 Å². The molecule has 2 aromatic carbocycles. The van der Waals surface area contributed by atoms with Crippen molar-refractivity contribution in [3.8, 4) is 5.75 Å². The summed E-state index contributed by atoms with van der Waals surface area (Å²) in [7, 11) is 0. The van der Waals surface area contributed by atoms with Crippen molar-refractivity contribution >= 4 is 29.1 Å². The number of hydrogen-bond acceptors (Lipinski definition) is 2. The number of benzene rings is 2. The Morgan fingerprint density at radius 2 is 1.87 bits per heavy atom. The zero-order valence-electron chi connectivity index (χ0n) is 12.5. The molecule has 0 saturated heterocycles. The number of fused-ring (bicyclic) bond motifs is 1. The van der Waals surface area contributed by atoms with E-state index in [0.717, 1.165) is 19.3 Å². The van der Waals surface area contributed by atoms with Gasteiger partial charge in [-0.3, -0.25) is 4.79 Å². The maximum absolute atomic E-state index is 12.2. The van der Waals surface area contributed by atoms with E-state index in [9.17, 15) is 4.79 Å². The summed E-state index contributed by atoms with van der Waals surface area (Å²) in [4.78, 5) is 12.2. The number of para-hydroxylation sites is 1. The highest BCUT2D eigenvalue weighted by Crippen LogP contribution is 2.32. The Morgan fingerprint density at radius 1 is 1.13 bits per heavy atom. The van der Waals surface area contributed by atoms with E-state index in [1.807, 2.05) is 12.1 Å². The van der Waals surface area contributed by atoms with Gasteiger partial charge in [-0.2, -0.15) is 0 Å². The van der Waals surface area contributed by atoms with E-state index in [4.69, 9.17) is 27.9 Å². The lowest BCUT2D eigenvalue weighted by Crippen LogP contribution is -2.34. The average Bonchev–Trinajstić information content (AvgIpc) is 2.55. The molecule has 1 N–H and O–H groups in total. The van der Waals surface area contributed by atoms with Crippen LogP contribution in [-0.4, -0.2) is 12.5 Å². The van der Waals surface area contributed by atoms with Gasteiger partial charge in [-0.25, -0.2) is 0 Å². The summed E-state index contributed by atoms with van der Waals surface area (Å²) in [5, 5.41) is 3.83. The number of carbonyl (C=O) groups is 1. The first-order chi connectivity index (χ1) is 11.1. The molecular weight excluding hydrogens is 333 g/mol. The topological polar surface area (TPSA) is 38.3 Å². The summed E-state index contributed by atoms with van der Waals surface area (Å²) in [5.74, 6) is 0.165. The number of halogens is 2. The maximum atomic E-state index is 12.2. The van der Waals surface area contributed by atoms with Gasteiger partial charge in [0.2, 0.25) is 0 Å². The summed E-state index contributed by atoms with van der Waals surface area (Å²) >= 11 is 12.1. The van der Waals surface area contributed by atoms with Gasteiger partial charge in [0.25, 0.3) is 5.91 Å². The Balaban J connectivity index is 1.63. The van der Waals surface area contributed by atoms with Crippen LogP contribution in [0.25, 0.3) is 0 Å². The number of amides is 1. The normalized spacial score (nSPS) is 16.5. The van der Waals surface area contributed by atoms with Gasteiger partial charge in [-0.15, -0.1) is 0 Å². The van der Waals surface area contributed by atoms with Gasteiger partial charge in [0.1, 0.15) is 0 Å². The minimum Gasteiger partial charge on any atom is -0.481 e. The molecule has 1 amide bonds. The summed E-state index contributed by atoms with van der Waals surface area (Å²) < 4.78 is 5.48. The smallest absolute Gasteiger partial charge is 0.258 e. The molecular formula is C18H17Cl2NO2. The minimum absolute atomic E-state index is 0.0396. The fraction of sp³-hybridized carbons (Fsp3) is 0.278. The van der Waals surface area contributed by atoms with Gasteiger partial charge >= 0.3 is 0 Å². The molecule has 120 valence electrons. The highest BCUT2D eigenvalue weighted by Gasteiger charge is 2.21. The van der Waals surface area contributed by atoms with Crippen molar-refractivity contribution in [1.29, 1.82) is 0 Å². The number of carbonyl (C=O) groups excluding carboxylic acids is 1. The first-order valence-electron chi connectivity index (χ1n) is 7.59. The molecule has 0 saturated carbocycles. The van der Waals surface area contributed by atoms with Crippen molar-refractivity contribution in [3.63, 3.8) is 0 Å². The first kappa shape index (κ1) is 16.2. The number of nitrogens with one attached hydrogen (secondary N) is 1. The summed E-state index contributed by atoms with van der Waals surface area (Å²) in [5.41, 5.74) is 2.50. The van der Waals surface area contributed by atoms with Gasteiger partial charge in [0.15, 0.2) is 12.4 Å². The Bertz CT molecular complexity index is 698. The summed E-state index contributed by atoms with van der Waals surface area (Å²) in [6.45, 7) is -0.109. The number of aryl methyl sites for hydroxylation is 1. The van der Waals surface area contributed by atoms with Crippen molar-refractivity contribution in [2.75, 3.05) is 6.61 Å². The van der Waals surface area contributed by atoms with Crippen molar-refractivity contribution in [1.82, 2.24) is 5.32 Å². The van der Waals surface area contributed by atoms with Crippen molar-refractivity contribution in [3.05, 3.63) is 63.6 Å². The van der Waals surface area contributed by atoms with Crippen molar-refractivity contribution in [2.45, 2.75) is 25.3 Å². The summed E-state index contributed by atoms with van der Waals surface area (Å²) in [6, 6.07) is 13.4. The molecule has 1 atom stereocenters. The molecule has 5 heteroatoms. The molecule has 0 heterocycles. The second-order valence-electron chi connectivity index (χ2n) is 5.55. The molecule has 0 bridgehead atoms. The van der Waals surface area contributed by atoms with Gasteiger partial charge in [-0.1, -0.05) is 53.5 Å². The van der Waals surface area contributed by atoms with Crippen LogP contribution in [0, 0.1) is 0 Å². The highest BCUT2D eigenvalue weighted by molar-refractivity contribution is 6.37. The van der Waals surface area contributed by atoms with Gasteiger partial charge in [0.05, 0.1) is 16.1 Å². The predicted molar refractivity (Wildman–Crippen MR) is 92.2 cm³/mol. The van der Waals surface area contributed by atoms with Gasteiger partial charge < -0.3 is 10.1 Å². The molecule has 0 aliphatic heterocycles. The van der Waals surface area contributed by atoms with Crippen LogP contribution in [0.4, 0.5) is 0 Å². The third-order valence-corrected chi connectivity index (χ3v) is 4.57. The van der Waals surface area contributed by atoms with Crippen molar-refractivity contribution < 1.29 is 9.53 Å². The monoisotopic (exact) mass is 349 g/mol. The van der Waals surface area contributed by atoms with E-state index in [2.05, 4.69) is 17.4 Å². The number of hydrogen-bond donors (Lipinski definition) is 1. The number of ether oxygens (including phenoxy) is 1. The zero-order chi connectivity index (χ0) is 16.2. The average molecular weight is 350 g/mol. The number of rotatable bonds is 4. The molecule has 2 aromatic rings. The Morgan fingerprint density at radius 3 is 2.65 bits per heavy atom. The molecule has 23 heavy (non-hydrogen) atoms. The Hall–Kier alpha value is -1.71. The second-order valence-corrected chi connectivity index (χ2v) is 6.37. The predicted octanol–water partition coefficient (Wildman–Crippen LogP) is 4.57. The second kappa shape index (κ2) is 7.24. The zero-order valence-corrected chi connectivity index (χ0v) is 14.0. The molecule has 0 fully saturated rings. The van der Waals surface area contributed by atoms with Crippen molar-refractivity contribution in [2.24, 2.45) is 0 Å². The Kier molecular flexibility index (Phi) is 5.09. The van der Waals surface area contributed by atoms with Crippen LogP contribution in [0.15, 0.2) is 42.5 Å². The molecule has 1 aliphatic rings. The van der Waals surface area contributed by atoms with E-state index in [-0.39, 0.29) is 18.6 Å². The first-order valence-corrected chi connectivity index (χ1v) is 8.34. The van der Waals surface area contributed by atoms with Crippen LogP contribution in [-0.2, 0) is 11.2 Å². The molecule has 3 rings (SSSR count). The van der Waals surface area contributed by atoms with Gasteiger partial charge in [0, 0.05) is 0 Å². The third-order valence-electron chi connectivity index (χ3n) is 3.97. The molecule has 0 radical (unpaired) electrons. The van der Waals surface area contributed by atoms with Crippen LogP contribution in [0.5, 0.6) is 5.75 Å². The van der Waals surface area contributed by atoms with Crippen LogP contribution < -0.4 is 10.1 Å². The lowest BCUT2D eigenvalue weighted by Gasteiger charge is -2.26. The van der Waals surface area contributed by atoms with E-state index >= 15 is 0 Å². The molecule has 0 spiro atoms. The third kappa shape index (κ3) is 3.80. The lowest BCUT2D eigenvalue weighted by molar-refractivity contribution is -0.123. The fourth-order valence-electron chi connectivity index (χ4n) is 2.90. The van der Waals surface area contributed by atoms with Crippen LogP contribution in [0.1, 0.15) is 30.0 Å². The quantitative estimate of drug-likeness (QED) is 0.878. The molecule has 0 unspecified atom stereocenters. The highest BCUT2D eigenvalue weighted by atomic mass is 35.5. The van der Waals surface area contributed by atoms with Crippen LogP contribution in [0.2, 0.25) is 10.0 Å². The fourth-order valence-corrected chi connectivity index (χ4v) is 3.40. The minimum atomic E-state index is -0.178. The van der Waals surface area contributed by atoms with Crippen LogP contribution in [0.3, 0.4) is 0 Å². The van der Waals surface area contributed by atoms with E-state index < -0.39 is 0 Å². The van der Waals surface area contributed by atoms with E-state index in [0.29, 0.717) is 15.8 Å². The lowest BCUT2D eigenvalue weighted by atomic mass is 9.88.